The lowest BCUT2D eigenvalue weighted by Crippen LogP contribution is -2.22. The quantitative estimate of drug-likeness (QED) is 0.777. The number of thiophene rings is 1. The monoisotopic (exact) mass is 327 g/mol. The van der Waals surface area contributed by atoms with E-state index in [-0.39, 0.29) is 6.61 Å². The molecule has 0 atom stereocenters. The third-order valence-corrected chi connectivity index (χ3v) is 5.24. The smallest absolute Gasteiger partial charge is 0.141 e. The van der Waals surface area contributed by atoms with Gasteiger partial charge in [0.1, 0.15) is 17.0 Å². The Labute approximate surface area is 140 Å². The van der Waals surface area contributed by atoms with Gasteiger partial charge in [0.2, 0.25) is 0 Å². The molecule has 120 valence electrons. The molecular weight excluding hydrogens is 306 g/mol. The van der Waals surface area contributed by atoms with Crippen molar-refractivity contribution in [1.29, 1.82) is 0 Å². The number of aliphatic hydroxyl groups excluding tert-OH is 1. The van der Waals surface area contributed by atoms with Gasteiger partial charge in [0.25, 0.3) is 0 Å². The lowest BCUT2D eigenvalue weighted by Gasteiger charge is -2.18. The maximum absolute atomic E-state index is 9.26. The van der Waals surface area contributed by atoms with Crippen LogP contribution in [0.4, 0.5) is 5.82 Å². The summed E-state index contributed by atoms with van der Waals surface area (Å²) < 4.78 is 0. The van der Waals surface area contributed by atoms with E-state index in [9.17, 15) is 5.11 Å². The van der Waals surface area contributed by atoms with Crippen LogP contribution >= 0.6 is 11.3 Å². The standard InChI is InChI=1S/C18H21N3OS/c1-4-14-15(13-7-5-12(2)6-8-13)16-17(21(3)9-10-22)19-11-20-18(16)23-14/h5-8,11,22H,4,9-10H2,1-3H3. The van der Waals surface area contributed by atoms with Crippen LogP contribution in [-0.2, 0) is 6.42 Å². The van der Waals surface area contributed by atoms with Crippen molar-refractivity contribution in [3.63, 3.8) is 0 Å². The number of aromatic nitrogens is 2. The number of likely N-dealkylation sites (N-methyl/N-ethyl adjacent to an activating group) is 1. The van der Waals surface area contributed by atoms with Gasteiger partial charge in [-0.3, -0.25) is 0 Å². The highest BCUT2D eigenvalue weighted by molar-refractivity contribution is 7.19. The van der Waals surface area contributed by atoms with Crippen LogP contribution in [0.3, 0.4) is 0 Å². The van der Waals surface area contributed by atoms with Gasteiger partial charge in [-0.2, -0.15) is 0 Å². The number of aryl methyl sites for hydroxylation is 2. The maximum atomic E-state index is 9.26. The highest BCUT2D eigenvalue weighted by Gasteiger charge is 2.19. The first-order valence-corrected chi connectivity index (χ1v) is 8.62. The molecule has 0 aliphatic carbocycles. The lowest BCUT2D eigenvalue weighted by molar-refractivity contribution is 0.304. The molecule has 23 heavy (non-hydrogen) atoms. The summed E-state index contributed by atoms with van der Waals surface area (Å²) in [6.45, 7) is 4.93. The molecule has 0 radical (unpaired) electrons. The Balaban J connectivity index is 2.27. The number of hydrogen-bond acceptors (Lipinski definition) is 5. The molecule has 0 aliphatic heterocycles. The molecule has 0 saturated heterocycles. The minimum atomic E-state index is 0.104. The second-order valence-corrected chi connectivity index (χ2v) is 6.73. The van der Waals surface area contributed by atoms with Crippen LogP contribution in [0, 0.1) is 6.92 Å². The van der Waals surface area contributed by atoms with E-state index in [4.69, 9.17) is 0 Å². The van der Waals surface area contributed by atoms with Gasteiger partial charge in [-0.15, -0.1) is 11.3 Å². The molecule has 4 nitrogen and oxygen atoms in total. The summed E-state index contributed by atoms with van der Waals surface area (Å²) in [4.78, 5) is 13.3. The summed E-state index contributed by atoms with van der Waals surface area (Å²) >= 11 is 1.73. The van der Waals surface area contributed by atoms with Crippen LogP contribution in [0.1, 0.15) is 17.4 Å². The molecule has 5 heteroatoms. The number of anilines is 1. The second kappa shape index (κ2) is 6.64. The van der Waals surface area contributed by atoms with Gasteiger partial charge in [-0.25, -0.2) is 9.97 Å². The summed E-state index contributed by atoms with van der Waals surface area (Å²) in [6.07, 6.45) is 2.58. The summed E-state index contributed by atoms with van der Waals surface area (Å²) in [5.41, 5.74) is 3.68. The van der Waals surface area contributed by atoms with E-state index >= 15 is 0 Å². The number of fused-ring (bicyclic) bond motifs is 1. The number of benzene rings is 1. The second-order valence-electron chi connectivity index (χ2n) is 5.64. The molecule has 0 aliphatic rings. The fourth-order valence-corrected chi connectivity index (χ4v) is 3.88. The van der Waals surface area contributed by atoms with Crippen molar-refractivity contribution < 1.29 is 5.11 Å². The lowest BCUT2D eigenvalue weighted by atomic mass is 10.0. The van der Waals surface area contributed by atoms with Crippen LogP contribution in [0.25, 0.3) is 21.3 Å². The molecule has 3 aromatic rings. The van der Waals surface area contributed by atoms with Crippen LogP contribution in [0.2, 0.25) is 0 Å². The zero-order valence-electron chi connectivity index (χ0n) is 13.7. The Morgan fingerprint density at radius 1 is 1.17 bits per heavy atom. The Bertz CT molecular complexity index is 811. The molecule has 2 aromatic heterocycles. The Hall–Kier alpha value is -1.98. The normalized spacial score (nSPS) is 11.1. The minimum Gasteiger partial charge on any atom is -0.395 e. The summed E-state index contributed by atoms with van der Waals surface area (Å²) in [7, 11) is 1.96. The van der Waals surface area contributed by atoms with E-state index in [1.807, 2.05) is 11.9 Å². The molecule has 1 N–H and O–H groups in total. The van der Waals surface area contributed by atoms with Crippen LogP contribution in [-0.4, -0.2) is 35.3 Å². The van der Waals surface area contributed by atoms with Gasteiger partial charge >= 0.3 is 0 Å². The van der Waals surface area contributed by atoms with Crippen LogP contribution < -0.4 is 4.90 Å². The summed E-state index contributed by atoms with van der Waals surface area (Å²) in [5, 5.41) is 10.3. The molecule has 1 aromatic carbocycles. The number of aliphatic hydroxyl groups is 1. The van der Waals surface area contributed by atoms with E-state index in [1.165, 1.54) is 21.6 Å². The number of rotatable bonds is 5. The third kappa shape index (κ3) is 2.94. The molecule has 2 heterocycles. The Morgan fingerprint density at radius 3 is 2.57 bits per heavy atom. The molecule has 3 rings (SSSR count). The van der Waals surface area contributed by atoms with Crippen molar-refractivity contribution in [3.05, 3.63) is 41.0 Å². The fourth-order valence-electron chi connectivity index (χ4n) is 2.78. The van der Waals surface area contributed by atoms with E-state index in [1.54, 1.807) is 17.7 Å². The van der Waals surface area contributed by atoms with Crippen molar-refractivity contribution in [3.8, 4) is 11.1 Å². The average molecular weight is 327 g/mol. The minimum absolute atomic E-state index is 0.104. The Kier molecular flexibility index (Phi) is 4.59. The molecular formula is C18H21N3OS. The maximum Gasteiger partial charge on any atom is 0.141 e. The first-order valence-electron chi connectivity index (χ1n) is 7.81. The van der Waals surface area contributed by atoms with Gasteiger partial charge in [0, 0.05) is 24.0 Å². The van der Waals surface area contributed by atoms with Gasteiger partial charge in [0.05, 0.1) is 12.0 Å². The summed E-state index contributed by atoms with van der Waals surface area (Å²) in [5.74, 6) is 0.885. The van der Waals surface area contributed by atoms with E-state index in [2.05, 4.69) is 48.1 Å². The summed E-state index contributed by atoms with van der Waals surface area (Å²) in [6, 6.07) is 8.61. The predicted molar refractivity (Wildman–Crippen MR) is 97.3 cm³/mol. The van der Waals surface area contributed by atoms with Crippen LogP contribution in [0.5, 0.6) is 0 Å². The van der Waals surface area contributed by atoms with Crippen molar-refractivity contribution in [2.24, 2.45) is 0 Å². The topological polar surface area (TPSA) is 49.2 Å². The van der Waals surface area contributed by atoms with E-state index < -0.39 is 0 Å². The van der Waals surface area contributed by atoms with Gasteiger partial charge in [-0.05, 0) is 18.9 Å². The van der Waals surface area contributed by atoms with Crippen molar-refractivity contribution >= 4 is 27.4 Å². The molecule has 0 amide bonds. The molecule has 0 bridgehead atoms. The van der Waals surface area contributed by atoms with E-state index in [0.717, 1.165) is 22.5 Å². The number of nitrogens with zero attached hydrogens (tertiary/aromatic N) is 3. The zero-order valence-corrected chi connectivity index (χ0v) is 14.5. The molecule has 0 unspecified atom stereocenters. The van der Waals surface area contributed by atoms with Gasteiger partial charge in [-0.1, -0.05) is 36.8 Å². The number of hydrogen-bond donors (Lipinski definition) is 1. The molecule has 0 fully saturated rings. The van der Waals surface area contributed by atoms with Crippen molar-refractivity contribution in [2.75, 3.05) is 25.1 Å². The van der Waals surface area contributed by atoms with Gasteiger partial charge < -0.3 is 10.0 Å². The van der Waals surface area contributed by atoms with E-state index in [0.29, 0.717) is 6.54 Å². The average Bonchev–Trinajstić information content (AvgIpc) is 2.94. The highest BCUT2D eigenvalue weighted by Crippen LogP contribution is 2.41. The first kappa shape index (κ1) is 15.9. The molecule has 0 saturated carbocycles. The molecule has 0 spiro atoms. The van der Waals surface area contributed by atoms with Crippen LogP contribution in [0.15, 0.2) is 30.6 Å². The predicted octanol–water partition coefficient (Wildman–Crippen LogP) is 3.66. The SMILES string of the molecule is CCc1sc2ncnc(N(C)CCO)c2c1-c1ccc(C)cc1. The zero-order chi connectivity index (χ0) is 16.4. The van der Waals surface area contributed by atoms with Crippen molar-refractivity contribution in [1.82, 2.24) is 9.97 Å². The largest absolute Gasteiger partial charge is 0.395 e. The first-order chi connectivity index (χ1) is 11.2. The third-order valence-electron chi connectivity index (χ3n) is 4.00. The van der Waals surface area contributed by atoms with Crippen molar-refractivity contribution in [2.45, 2.75) is 20.3 Å². The van der Waals surface area contributed by atoms with Gasteiger partial charge in [0.15, 0.2) is 0 Å². The highest BCUT2D eigenvalue weighted by atomic mass is 32.1. The Morgan fingerprint density at radius 2 is 1.91 bits per heavy atom. The fraction of sp³-hybridized carbons (Fsp3) is 0.333.